The summed E-state index contributed by atoms with van der Waals surface area (Å²) in [5.41, 5.74) is 2.80. The highest BCUT2D eigenvalue weighted by Gasteiger charge is 2.52. The Bertz CT molecular complexity index is 1630. The van der Waals surface area contributed by atoms with E-state index < -0.39 is 17.4 Å². The number of aliphatic hydroxyl groups excluding tert-OH is 1. The van der Waals surface area contributed by atoms with E-state index in [4.69, 9.17) is 16.3 Å². The van der Waals surface area contributed by atoms with Gasteiger partial charge in [0, 0.05) is 35.2 Å². The van der Waals surface area contributed by atoms with Crippen LogP contribution in [0.2, 0.25) is 5.02 Å². The van der Waals surface area contributed by atoms with Gasteiger partial charge in [0.15, 0.2) is 5.60 Å². The van der Waals surface area contributed by atoms with Gasteiger partial charge in [0.05, 0.1) is 31.4 Å². The first-order chi connectivity index (χ1) is 21.2. The molecule has 3 aliphatic heterocycles. The largest absolute Gasteiger partial charge is 0.447 e. The van der Waals surface area contributed by atoms with Crippen molar-refractivity contribution in [3.05, 3.63) is 106 Å². The fourth-order valence-electron chi connectivity index (χ4n) is 6.34. The van der Waals surface area contributed by atoms with E-state index in [9.17, 15) is 24.6 Å². The summed E-state index contributed by atoms with van der Waals surface area (Å²) in [5, 5.41) is 22.3. The van der Waals surface area contributed by atoms with Crippen LogP contribution in [0.1, 0.15) is 35.6 Å². The molecular formula is C34H34ClN3O6. The van der Waals surface area contributed by atoms with Gasteiger partial charge in [-0.1, -0.05) is 67.1 Å². The highest BCUT2D eigenvalue weighted by Crippen LogP contribution is 2.46. The van der Waals surface area contributed by atoms with Gasteiger partial charge in [-0.05, 0) is 53.4 Å². The molecule has 3 aromatic carbocycles. The van der Waals surface area contributed by atoms with Gasteiger partial charge in [0.1, 0.15) is 6.61 Å². The summed E-state index contributed by atoms with van der Waals surface area (Å²) >= 11 is 6.33. The number of hydrogen-bond acceptors (Lipinski definition) is 6. The predicted octanol–water partition coefficient (Wildman–Crippen LogP) is 4.56. The van der Waals surface area contributed by atoms with E-state index in [1.54, 1.807) is 47.1 Å². The molecule has 3 aliphatic rings. The molecule has 0 saturated carbocycles. The number of hydrogen-bond donors (Lipinski definition) is 2. The lowest BCUT2D eigenvalue weighted by molar-refractivity contribution is -0.139. The number of anilines is 2. The molecule has 3 atom stereocenters. The van der Waals surface area contributed by atoms with Gasteiger partial charge in [0.25, 0.3) is 5.91 Å². The maximum Gasteiger partial charge on any atom is 0.414 e. The lowest BCUT2D eigenvalue weighted by Gasteiger charge is -2.36. The van der Waals surface area contributed by atoms with Crippen molar-refractivity contribution in [1.82, 2.24) is 4.90 Å². The van der Waals surface area contributed by atoms with Crippen molar-refractivity contribution in [2.75, 3.05) is 29.6 Å². The number of carbonyl (C=O) groups excluding carboxylic acids is 3. The first-order valence-electron chi connectivity index (χ1n) is 14.7. The minimum atomic E-state index is -1.89. The molecule has 0 aliphatic carbocycles. The zero-order valence-corrected chi connectivity index (χ0v) is 25.1. The van der Waals surface area contributed by atoms with Crippen molar-refractivity contribution in [1.29, 1.82) is 0 Å². The van der Waals surface area contributed by atoms with Crippen LogP contribution in [0.25, 0.3) is 0 Å². The summed E-state index contributed by atoms with van der Waals surface area (Å²) in [6, 6.07) is 19.9. The third kappa shape index (κ3) is 5.36. The van der Waals surface area contributed by atoms with Crippen molar-refractivity contribution in [3.63, 3.8) is 0 Å². The van der Waals surface area contributed by atoms with Gasteiger partial charge in [-0.2, -0.15) is 0 Å². The summed E-state index contributed by atoms with van der Waals surface area (Å²) in [6.07, 6.45) is 3.65. The number of benzene rings is 3. The number of aliphatic hydroxyl groups is 2. The molecule has 1 fully saturated rings. The Morgan fingerprint density at radius 3 is 2.57 bits per heavy atom. The van der Waals surface area contributed by atoms with Crippen LogP contribution < -0.4 is 9.80 Å². The zero-order chi connectivity index (χ0) is 31.0. The molecule has 2 N–H and O–H groups in total. The molecule has 9 nitrogen and oxygen atoms in total. The molecule has 0 radical (unpaired) electrons. The molecule has 0 bridgehead atoms. The molecule has 228 valence electrons. The van der Waals surface area contributed by atoms with E-state index in [0.29, 0.717) is 48.1 Å². The van der Waals surface area contributed by atoms with Crippen LogP contribution in [0.5, 0.6) is 0 Å². The van der Waals surface area contributed by atoms with Gasteiger partial charge in [-0.15, -0.1) is 0 Å². The van der Waals surface area contributed by atoms with Crippen molar-refractivity contribution in [2.24, 2.45) is 5.92 Å². The Balaban J connectivity index is 1.18. The lowest BCUT2D eigenvalue weighted by Crippen LogP contribution is -2.46. The van der Waals surface area contributed by atoms with Crippen LogP contribution in [0.3, 0.4) is 0 Å². The molecule has 44 heavy (non-hydrogen) atoms. The van der Waals surface area contributed by atoms with Crippen molar-refractivity contribution < 1.29 is 29.3 Å². The second kappa shape index (κ2) is 12.1. The highest BCUT2D eigenvalue weighted by molar-refractivity contribution is 6.31. The Morgan fingerprint density at radius 2 is 1.86 bits per heavy atom. The van der Waals surface area contributed by atoms with Gasteiger partial charge in [-0.25, -0.2) is 4.79 Å². The number of amides is 3. The molecular weight excluding hydrogens is 582 g/mol. The average molecular weight is 616 g/mol. The first kappa shape index (κ1) is 29.9. The van der Waals surface area contributed by atoms with Gasteiger partial charge < -0.3 is 24.7 Å². The molecule has 3 heterocycles. The van der Waals surface area contributed by atoms with Crippen LogP contribution in [0.4, 0.5) is 16.2 Å². The number of rotatable bonds is 8. The molecule has 1 saturated heterocycles. The predicted molar refractivity (Wildman–Crippen MR) is 166 cm³/mol. The van der Waals surface area contributed by atoms with Crippen molar-refractivity contribution in [2.45, 2.75) is 44.5 Å². The Kier molecular flexibility index (Phi) is 8.20. The number of halogens is 1. The molecule has 3 amide bonds. The molecule has 0 unspecified atom stereocenters. The maximum atomic E-state index is 13.9. The van der Waals surface area contributed by atoms with Crippen LogP contribution in [0, 0.1) is 5.92 Å². The Hall–Kier alpha value is -4.18. The zero-order valence-electron chi connectivity index (χ0n) is 24.4. The Morgan fingerprint density at radius 1 is 1.11 bits per heavy atom. The fourth-order valence-corrected chi connectivity index (χ4v) is 6.51. The lowest BCUT2D eigenvalue weighted by atomic mass is 9.83. The fraction of sp³-hybridized carbons (Fsp3) is 0.324. The van der Waals surface area contributed by atoms with E-state index in [2.05, 4.69) is 0 Å². The topological polar surface area (TPSA) is 111 Å². The minimum absolute atomic E-state index is 0.0658. The van der Waals surface area contributed by atoms with Crippen LogP contribution >= 0.6 is 11.6 Å². The van der Waals surface area contributed by atoms with E-state index in [-0.39, 0.29) is 37.6 Å². The normalized spacial score (nSPS) is 21.9. The Labute approximate surface area is 260 Å². The number of cyclic esters (lactones) is 1. The maximum absolute atomic E-state index is 13.9. The highest BCUT2D eigenvalue weighted by atomic mass is 35.5. The number of carbonyl (C=O) groups is 3. The van der Waals surface area contributed by atoms with Gasteiger partial charge in [-0.3, -0.25) is 14.5 Å². The molecule has 0 spiro atoms. The number of ether oxygens (including phenoxy) is 1. The third-order valence-corrected chi connectivity index (χ3v) is 9.08. The van der Waals surface area contributed by atoms with E-state index in [0.717, 1.165) is 16.7 Å². The molecule has 6 rings (SSSR count). The van der Waals surface area contributed by atoms with E-state index >= 15 is 0 Å². The van der Waals surface area contributed by atoms with Crippen LogP contribution in [0.15, 0.2) is 78.9 Å². The summed E-state index contributed by atoms with van der Waals surface area (Å²) < 4.78 is 5.02. The second-order valence-corrected chi connectivity index (χ2v) is 11.9. The van der Waals surface area contributed by atoms with Crippen LogP contribution in [-0.4, -0.2) is 58.8 Å². The summed E-state index contributed by atoms with van der Waals surface area (Å²) in [7, 11) is 0. The SMILES string of the molecule is C[C@H](/C=C/CC(=O)N1Cc2ccccc2C[C@H]1CO)[C@@]1(O)C(=O)N(Cc2ccc(N3CCOC3=O)cc2)c2ccc(Cl)cc21. The van der Waals surface area contributed by atoms with E-state index in [1.807, 2.05) is 48.5 Å². The van der Waals surface area contributed by atoms with E-state index in [1.165, 1.54) is 4.90 Å². The van der Waals surface area contributed by atoms with Crippen LogP contribution in [-0.2, 0) is 39.4 Å². The third-order valence-electron chi connectivity index (χ3n) is 8.84. The number of nitrogens with zero attached hydrogens (tertiary/aromatic N) is 3. The molecule has 3 aromatic rings. The summed E-state index contributed by atoms with van der Waals surface area (Å²) in [4.78, 5) is 43.9. The van der Waals surface area contributed by atoms with Crippen molar-refractivity contribution >= 4 is 40.9 Å². The van der Waals surface area contributed by atoms with Gasteiger partial charge >= 0.3 is 6.09 Å². The number of fused-ring (bicyclic) bond motifs is 2. The standard InChI is InChI=1S/C34H34ClN3O6/c1-22(5-4-8-31(40)37-20-25-7-3-2-6-24(25)17-28(37)21-39)34(43)29-18-26(35)11-14-30(29)38(32(34)41)19-23-9-12-27(13-10-23)36-15-16-44-33(36)42/h2-7,9-14,18,22,28,39,43H,8,15-17,19-21H2,1H3/b5-4+/t22-,28+,34+/m1/s1. The monoisotopic (exact) mass is 615 g/mol. The quantitative estimate of drug-likeness (QED) is 0.360. The first-order valence-corrected chi connectivity index (χ1v) is 15.1. The smallest absolute Gasteiger partial charge is 0.414 e. The minimum Gasteiger partial charge on any atom is -0.447 e. The summed E-state index contributed by atoms with van der Waals surface area (Å²) in [5.74, 6) is -1.30. The molecule has 10 heteroatoms. The average Bonchev–Trinajstić information content (AvgIpc) is 3.55. The second-order valence-electron chi connectivity index (χ2n) is 11.5. The molecule has 0 aromatic heterocycles. The van der Waals surface area contributed by atoms with Gasteiger partial charge in [0.2, 0.25) is 5.91 Å². The summed E-state index contributed by atoms with van der Waals surface area (Å²) in [6.45, 7) is 3.07. The van der Waals surface area contributed by atoms with Crippen molar-refractivity contribution in [3.8, 4) is 0 Å².